The van der Waals surface area contributed by atoms with E-state index in [1.165, 1.54) is 0 Å². The first-order valence-electron chi connectivity index (χ1n) is 9.61. The van der Waals surface area contributed by atoms with Crippen LogP contribution in [0, 0.1) is 0 Å². The molecule has 0 bridgehead atoms. The molecule has 0 radical (unpaired) electrons. The van der Waals surface area contributed by atoms with Gasteiger partial charge in [-0.15, -0.1) is 0 Å². The van der Waals surface area contributed by atoms with E-state index in [0.717, 1.165) is 42.0 Å². The van der Waals surface area contributed by atoms with Gasteiger partial charge in [0.25, 0.3) is 0 Å². The van der Waals surface area contributed by atoms with Crippen molar-refractivity contribution >= 4 is 17.4 Å². The summed E-state index contributed by atoms with van der Waals surface area (Å²) in [5.74, 6) is 1.88. The number of para-hydroxylation sites is 2. The Morgan fingerprint density at radius 3 is 2.76 bits per heavy atom. The van der Waals surface area contributed by atoms with Gasteiger partial charge in [-0.3, -0.25) is 9.78 Å². The minimum absolute atomic E-state index is 0.137. The molecule has 0 fully saturated rings. The molecule has 7 heteroatoms. The fourth-order valence-corrected chi connectivity index (χ4v) is 3.57. The van der Waals surface area contributed by atoms with Crippen molar-refractivity contribution in [2.45, 2.75) is 19.3 Å². The minimum Gasteiger partial charge on any atom is -0.495 e. The van der Waals surface area contributed by atoms with Crippen molar-refractivity contribution < 1.29 is 9.53 Å². The van der Waals surface area contributed by atoms with Crippen LogP contribution in [0.5, 0.6) is 5.75 Å². The van der Waals surface area contributed by atoms with E-state index in [-0.39, 0.29) is 12.5 Å². The highest BCUT2D eigenvalue weighted by Gasteiger charge is 2.23. The molecule has 2 heterocycles. The summed E-state index contributed by atoms with van der Waals surface area (Å²) in [6.07, 6.45) is 4.62. The molecule has 148 valence electrons. The highest BCUT2D eigenvalue weighted by atomic mass is 16.5. The Hall–Kier alpha value is -3.48. The lowest BCUT2D eigenvalue weighted by molar-refractivity contribution is -0.114. The average Bonchev–Trinajstić information content (AvgIpc) is 3.22. The number of hydrogen-bond donors (Lipinski definition) is 1. The number of likely N-dealkylation sites (N-methyl/N-ethyl adjacent to an activating group) is 1. The van der Waals surface area contributed by atoms with Crippen LogP contribution in [0.3, 0.4) is 0 Å². The molecule has 0 saturated heterocycles. The minimum atomic E-state index is -0.137. The maximum atomic E-state index is 12.7. The van der Waals surface area contributed by atoms with Gasteiger partial charge in [-0.25, -0.2) is 9.97 Å². The van der Waals surface area contributed by atoms with Crippen molar-refractivity contribution in [3.8, 4) is 17.3 Å². The quantitative estimate of drug-likeness (QED) is 0.698. The molecular weight excluding hydrogens is 366 g/mol. The zero-order chi connectivity index (χ0) is 20.2. The maximum absolute atomic E-state index is 12.7. The first-order valence-corrected chi connectivity index (χ1v) is 9.61. The van der Waals surface area contributed by atoms with Crippen molar-refractivity contribution in [3.05, 3.63) is 59.9 Å². The van der Waals surface area contributed by atoms with Gasteiger partial charge in [0.15, 0.2) is 5.82 Å². The van der Waals surface area contributed by atoms with E-state index >= 15 is 0 Å². The smallest absolute Gasteiger partial charge is 0.244 e. The molecule has 3 aromatic rings. The average molecular weight is 389 g/mol. The number of carbonyl (C=O) groups is 1. The molecule has 0 unspecified atom stereocenters. The number of carbonyl (C=O) groups excluding carboxylic acids is 1. The topological polar surface area (TPSA) is 80.2 Å². The van der Waals surface area contributed by atoms with Crippen LogP contribution in [0.15, 0.2) is 48.7 Å². The Balaban J connectivity index is 1.57. The number of fused-ring (bicyclic) bond motifs is 1. The van der Waals surface area contributed by atoms with Crippen LogP contribution in [0.4, 0.5) is 11.5 Å². The van der Waals surface area contributed by atoms with E-state index in [1.54, 1.807) is 13.3 Å². The molecule has 1 N–H and O–H groups in total. The van der Waals surface area contributed by atoms with Gasteiger partial charge in [-0.05, 0) is 43.5 Å². The molecular formula is C22H23N5O2. The van der Waals surface area contributed by atoms with Crippen LogP contribution < -0.4 is 15.0 Å². The Morgan fingerprint density at radius 2 is 1.97 bits per heavy atom. The third-order valence-electron chi connectivity index (χ3n) is 4.93. The number of benzene rings is 1. The van der Waals surface area contributed by atoms with Crippen molar-refractivity contribution in [1.82, 2.24) is 15.0 Å². The second-order valence-electron chi connectivity index (χ2n) is 6.97. The van der Waals surface area contributed by atoms with Crippen LogP contribution in [0.25, 0.3) is 11.5 Å². The molecule has 1 aromatic carbocycles. The van der Waals surface area contributed by atoms with Gasteiger partial charge in [0.1, 0.15) is 17.3 Å². The van der Waals surface area contributed by atoms with Crippen LogP contribution in [0.1, 0.15) is 17.7 Å². The normalized spacial score (nSPS) is 12.3. The zero-order valence-electron chi connectivity index (χ0n) is 16.6. The van der Waals surface area contributed by atoms with Crippen LogP contribution in [-0.2, 0) is 17.6 Å². The first-order chi connectivity index (χ1) is 14.2. The zero-order valence-corrected chi connectivity index (χ0v) is 16.6. The number of ether oxygens (including phenoxy) is 1. The lowest BCUT2D eigenvalue weighted by Crippen LogP contribution is -2.31. The van der Waals surface area contributed by atoms with E-state index in [4.69, 9.17) is 14.7 Å². The molecule has 4 rings (SSSR count). The number of nitrogens with one attached hydrogen (secondary N) is 1. The number of aromatic nitrogens is 3. The van der Waals surface area contributed by atoms with Gasteiger partial charge in [-0.1, -0.05) is 18.2 Å². The SMILES string of the molecule is COc1ccccc1NC(=O)CN(C)c1nc(-c2ccccn2)nc2c1CCC2. The molecule has 0 saturated carbocycles. The van der Waals surface area contributed by atoms with E-state index in [2.05, 4.69) is 10.3 Å². The van der Waals surface area contributed by atoms with Crippen molar-refractivity contribution in [3.63, 3.8) is 0 Å². The van der Waals surface area contributed by atoms with Crippen LogP contribution >= 0.6 is 0 Å². The fourth-order valence-electron chi connectivity index (χ4n) is 3.57. The van der Waals surface area contributed by atoms with Gasteiger partial charge in [0.05, 0.1) is 19.3 Å². The standard InChI is InChI=1S/C22H23N5O2/c1-27(14-20(28)24-17-9-3-4-12-19(17)29-2)22-15-8-7-11-16(15)25-21(26-22)18-10-5-6-13-23-18/h3-6,9-10,12-13H,7-8,11,14H2,1-2H3,(H,24,28). The largest absolute Gasteiger partial charge is 0.495 e. The predicted molar refractivity (Wildman–Crippen MR) is 112 cm³/mol. The second-order valence-corrected chi connectivity index (χ2v) is 6.97. The molecule has 0 aliphatic heterocycles. The molecule has 1 amide bonds. The van der Waals surface area contributed by atoms with E-state index in [1.807, 2.05) is 54.4 Å². The summed E-state index contributed by atoms with van der Waals surface area (Å²) in [5, 5.41) is 2.91. The predicted octanol–water partition coefficient (Wildman–Crippen LogP) is 3.11. The lowest BCUT2D eigenvalue weighted by atomic mass is 10.2. The number of methoxy groups -OCH3 is 1. The van der Waals surface area contributed by atoms with Crippen molar-refractivity contribution in [1.29, 1.82) is 0 Å². The molecule has 1 aliphatic rings. The third-order valence-corrected chi connectivity index (χ3v) is 4.93. The molecule has 1 aliphatic carbocycles. The van der Waals surface area contributed by atoms with Gasteiger partial charge in [-0.2, -0.15) is 0 Å². The summed E-state index contributed by atoms with van der Waals surface area (Å²) in [6.45, 7) is 0.170. The monoisotopic (exact) mass is 389 g/mol. The summed E-state index contributed by atoms with van der Waals surface area (Å²) in [6, 6.07) is 13.0. The summed E-state index contributed by atoms with van der Waals surface area (Å²) >= 11 is 0. The number of anilines is 2. The fraction of sp³-hybridized carbons (Fsp3) is 0.273. The van der Waals surface area contributed by atoms with E-state index in [0.29, 0.717) is 17.3 Å². The van der Waals surface area contributed by atoms with E-state index in [9.17, 15) is 4.79 Å². The Labute approximate surface area is 169 Å². The number of hydrogen-bond acceptors (Lipinski definition) is 6. The van der Waals surface area contributed by atoms with Crippen LogP contribution in [-0.4, -0.2) is 41.6 Å². The number of nitrogens with zero attached hydrogens (tertiary/aromatic N) is 4. The summed E-state index contributed by atoms with van der Waals surface area (Å²) in [4.78, 5) is 28.4. The molecule has 0 atom stereocenters. The Morgan fingerprint density at radius 1 is 1.14 bits per heavy atom. The Bertz CT molecular complexity index is 1020. The van der Waals surface area contributed by atoms with Crippen LogP contribution in [0.2, 0.25) is 0 Å². The number of pyridine rings is 1. The number of amides is 1. The molecule has 2 aromatic heterocycles. The summed E-state index contributed by atoms with van der Waals surface area (Å²) in [5.41, 5.74) is 3.55. The van der Waals surface area contributed by atoms with Gasteiger partial charge in [0, 0.05) is 24.5 Å². The molecule has 7 nitrogen and oxygen atoms in total. The first kappa shape index (κ1) is 18.9. The number of aryl methyl sites for hydroxylation is 1. The van der Waals surface area contributed by atoms with Gasteiger partial charge >= 0.3 is 0 Å². The highest BCUT2D eigenvalue weighted by Crippen LogP contribution is 2.30. The highest BCUT2D eigenvalue weighted by molar-refractivity contribution is 5.95. The number of rotatable bonds is 6. The molecule has 0 spiro atoms. The molecule has 29 heavy (non-hydrogen) atoms. The van der Waals surface area contributed by atoms with Gasteiger partial charge in [0.2, 0.25) is 5.91 Å². The van der Waals surface area contributed by atoms with E-state index < -0.39 is 0 Å². The summed E-state index contributed by atoms with van der Waals surface area (Å²) < 4.78 is 5.31. The van der Waals surface area contributed by atoms with Crippen molar-refractivity contribution in [2.75, 3.05) is 30.9 Å². The third kappa shape index (κ3) is 4.03. The van der Waals surface area contributed by atoms with Gasteiger partial charge < -0.3 is 15.0 Å². The van der Waals surface area contributed by atoms with Crippen molar-refractivity contribution in [2.24, 2.45) is 0 Å². The summed E-state index contributed by atoms with van der Waals surface area (Å²) in [7, 11) is 3.46. The maximum Gasteiger partial charge on any atom is 0.244 e. The lowest BCUT2D eigenvalue weighted by Gasteiger charge is -2.21. The second kappa shape index (κ2) is 8.26. The Kier molecular flexibility index (Phi) is 5.37.